The molecule has 0 unspecified atom stereocenters. The van der Waals surface area contributed by atoms with E-state index in [1.807, 2.05) is 27.7 Å². The first kappa shape index (κ1) is 21.1. The zero-order valence-electron chi connectivity index (χ0n) is 19.6. The van der Waals surface area contributed by atoms with E-state index in [1.54, 1.807) is 0 Å². The Labute approximate surface area is 186 Å². The third-order valence-corrected chi connectivity index (χ3v) is 6.45. The van der Waals surface area contributed by atoms with Crippen LogP contribution >= 0.6 is 0 Å². The van der Waals surface area contributed by atoms with Gasteiger partial charge in [-0.1, -0.05) is 126 Å². The van der Waals surface area contributed by atoms with Gasteiger partial charge in [0.25, 0.3) is 0 Å². The van der Waals surface area contributed by atoms with Gasteiger partial charge in [-0.2, -0.15) is 0 Å². The smallest absolute Gasteiger partial charge is 0.0159 e. The van der Waals surface area contributed by atoms with Crippen LogP contribution in [0.4, 0.5) is 0 Å². The van der Waals surface area contributed by atoms with Crippen LogP contribution in [0.3, 0.4) is 0 Å². The molecule has 1 aliphatic rings. The third kappa shape index (κ3) is 3.05. The van der Waals surface area contributed by atoms with Crippen molar-refractivity contribution in [3.63, 3.8) is 0 Å². The van der Waals surface area contributed by atoms with Crippen LogP contribution in [0.25, 0.3) is 43.4 Å². The molecule has 0 N–H and O–H groups in total. The summed E-state index contributed by atoms with van der Waals surface area (Å²) in [6, 6.07) is 31.4. The lowest BCUT2D eigenvalue weighted by molar-refractivity contribution is 0.661. The first-order chi connectivity index (χ1) is 15.2. The maximum absolute atomic E-state index is 2.36. The van der Waals surface area contributed by atoms with E-state index < -0.39 is 0 Å². The first-order valence-corrected chi connectivity index (χ1v) is 11.6. The zero-order chi connectivity index (χ0) is 22.2. The Kier molecular flexibility index (Phi) is 5.58. The van der Waals surface area contributed by atoms with E-state index in [0.717, 1.165) is 0 Å². The zero-order valence-corrected chi connectivity index (χ0v) is 19.6. The summed E-state index contributed by atoms with van der Waals surface area (Å²) < 4.78 is 0. The monoisotopic (exact) mass is 404 g/mol. The molecule has 0 amide bonds. The average molecular weight is 405 g/mol. The van der Waals surface area contributed by atoms with Gasteiger partial charge >= 0.3 is 0 Å². The van der Waals surface area contributed by atoms with Crippen LogP contribution in [0.2, 0.25) is 0 Å². The largest absolute Gasteiger partial charge is 0.0683 e. The van der Waals surface area contributed by atoms with Crippen molar-refractivity contribution in [2.24, 2.45) is 0 Å². The second-order valence-electron chi connectivity index (χ2n) is 8.20. The molecule has 0 bridgehead atoms. The van der Waals surface area contributed by atoms with E-state index in [9.17, 15) is 0 Å². The Bertz CT molecular complexity index is 1390. The van der Waals surface area contributed by atoms with Crippen molar-refractivity contribution in [2.45, 2.75) is 47.0 Å². The number of fused-ring (bicyclic) bond motifs is 9. The second-order valence-corrected chi connectivity index (χ2v) is 8.20. The summed E-state index contributed by atoms with van der Waals surface area (Å²) in [6.07, 6.45) is 0. The van der Waals surface area contributed by atoms with Gasteiger partial charge in [-0.3, -0.25) is 0 Å². The van der Waals surface area contributed by atoms with Gasteiger partial charge in [0.1, 0.15) is 0 Å². The quantitative estimate of drug-likeness (QED) is 0.225. The molecule has 0 saturated carbocycles. The predicted octanol–water partition coefficient (Wildman–Crippen LogP) is 9.50. The molecule has 0 spiro atoms. The van der Waals surface area contributed by atoms with Crippen LogP contribution < -0.4 is 0 Å². The summed E-state index contributed by atoms with van der Waals surface area (Å²) in [4.78, 5) is 0. The molecule has 0 atom stereocenters. The van der Waals surface area contributed by atoms with Crippen LogP contribution in [0.15, 0.2) is 84.9 Å². The predicted molar refractivity (Wildman–Crippen MR) is 139 cm³/mol. The Balaban J connectivity index is 0.000000549. The number of hydrogen-bond donors (Lipinski definition) is 0. The fraction of sp³-hybridized carbons (Fsp3) is 0.226. The molecule has 0 aromatic heterocycles. The summed E-state index contributed by atoms with van der Waals surface area (Å²) in [5.74, 6) is 0. The third-order valence-electron chi connectivity index (χ3n) is 6.45. The Morgan fingerprint density at radius 1 is 0.419 bits per heavy atom. The van der Waals surface area contributed by atoms with E-state index in [2.05, 4.69) is 98.8 Å². The van der Waals surface area contributed by atoms with Gasteiger partial charge in [-0.25, -0.2) is 0 Å². The molecule has 5 aromatic carbocycles. The Morgan fingerprint density at radius 2 is 0.871 bits per heavy atom. The molecular formula is C31H32. The molecule has 0 heterocycles. The van der Waals surface area contributed by atoms with Gasteiger partial charge in [-0.05, 0) is 54.6 Å². The van der Waals surface area contributed by atoms with Crippen LogP contribution in [-0.2, 0) is 5.41 Å². The summed E-state index contributed by atoms with van der Waals surface area (Å²) >= 11 is 0. The number of rotatable bonds is 0. The molecule has 6 rings (SSSR count). The van der Waals surface area contributed by atoms with Gasteiger partial charge in [0.2, 0.25) is 0 Å². The maximum atomic E-state index is 2.36. The van der Waals surface area contributed by atoms with Crippen LogP contribution in [0.5, 0.6) is 0 Å². The highest BCUT2D eigenvalue weighted by Gasteiger charge is 2.37. The molecular weight excluding hydrogens is 372 g/mol. The minimum absolute atomic E-state index is 0.0224. The number of benzene rings is 5. The molecule has 5 aromatic rings. The SMILES string of the molecule is CC.CC.CC1(C)c2ccc3ccccc3c2-c2c1ccc1c2ccc2ccccc21. The molecule has 0 nitrogen and oxygen atoms in total. The highest BCUT2D eigenvalue weighted by Crippen LogP contribution is 2.53. The van der Waals surface area contributed by atoms with Crippen molar-refractivity contribution in [2.75, 3.05) is 0 Å². The van der Waals surface area contributed by atoms with E-state index in [4.69, 9.17) is 0 Å². The van der Waals surface area contributed by atoms with Gasteiger partial charge in [-0.15, -0.1) is 0 Å². The lowest BCUT2D eigenvalue weighted by atomic mass is 9.81. The highest BCUT2D eigenvalue weighted by atomic mass is 14.4. The average Bonchev–Trinajstić information content (AvgIpc) is 3.08. The highest BCUT2D eigenvalue weighted by molar-refractivity contribution is 6.17. The second kappa shape index (κ2) is 8.19. The van der Waals surface area contributed by atoms with E-state index in [0.29, 0.717) is 0 Å². The first-order valence-electron chi connectivity index (χ1n) is 11.6. The fourth-order valence-corrected chi connectivity index (χ4v) is 5.09. The fourth-order valence-electron chi connectivity index (χ4n) is 5.09. The molecule has 0 saturated heterocycles. The molecule has 1 aliphatic carbocycles. The van der Waals surface area contributed by atoms with Crippen LogP contribution in [0, 0.1) is 0 Å². The van der Waals surface area contributed by atoms with E-state index >= 15 is 0 Å². The minimum Gasteiger partial charge on any atom is -0.0683 e. The summed E-state index contributed by atoms with van der Waals surface area (Å²) in [5.41, 5.74) is 5.76. The maximum Gasteiger partial charge on any atom is 0.0159 e. The molecule has 0 fully saturated rings. The van der Waals surface area contributed by atoms with Crippen molar-refractivity contribution >= 4 is 32.3 Å². The Hall–Kier alpha value is -3.12. The van der Waals surface area contributed by atoms with Gasteiger partial charge in [0, 0.05) is 5.41 Å². The molecule has 156 valence electrons. The number of hydrogen-bond acceptors (Lipinski definition) is 0. The van der Waals surface area contributed by atoms with E-state index in [-0.39, 0.29) is 5.41 Å². The van der Waals surface area contributed by atoms with Crippen molar-refractivity contribution in [1.29, 1.82) is 0 Å². The molecule has 31 heavy (non-hydrogen) atoms. The van der Waals surface area contributed by atoms with Gasteiger partial charge in [0.05, 0.1) is 0 Å². The lowest BCUT2D eigenvalue weighted by Gasteiger charge is -2.21. The van der Waals surface area contributed by atoms with Crippen molar-refractivity contribution in [3.05, 3.63) is 96.1 Å². The van der Waals surface area contributed by atoms with Crippen molar-refractivity contribution in [1.82, 2.24) is 0 Å². The van der Waals surface area contributed by atoms with Gasteiger partial charge in [0.15, 0.2) is 0 Å². The molecule has 0 radical (unpaired) electrons. The standard InChI is InChI=1S/C27H20.2C2H6/c1-27(2)23-15-12-18-8-4-6-10-20(18)25(23)26-22-13-11-17-7-3-5-9-19(17)21(22)14-16-24(26)27;2*1-2/h3-16H,1-2H3;2*1-2H3. The normalized spacial score (nSPS) is 13.1. The summed E-state index contributed by atoms with van der Waals surface area (Å²) in [7, 11) is 0. The van der Waals surface area contributed by atoms with Crippen LogP contribution in [0.1, 0.15) is 52.7 Å². The summed E-state index contributed by atoms with van der Waals surface area (Å²) in [6.45, 7) is 12.7. The topological polar surface area (TPSA) is 0 Å². The van der Waals surface area contributed by atoms with Gasteiger partial charge < -0.3 is 0 Å². The van der Waals surface area contributed by atoms with Crippen molar-refractivity contribution < 1.29 is 0 Å². The summed E-state index contributed by atoms with van der Waals surface area (Å²) in [5, 5.41) is 8.04. The lowest BCUT2D eigenvalue weighted by Crippen LogP contribution is -2.14. The molecule has 0 aliphatic heterocycles. The van der Waals surface area contributed by atoms with Crippen molar-refractivity contribution in [3.8, 4) is 11.1 Å². The Morgan fingerprint density at radius 3 is 1.55 bits per heavy atom. The minimum atomic E-state index is 0.0224. The molecule has 0 heteroatoms. The van der Waals surface area contributed by atoms with Crippen LogP contribution in [-0.4, -0.2) is 0 Å². The van der Waals surface area contributed by atoms with E-state index in [1.165, 1.54) is 54.6 Å².